The fraction of sp³-hybridized carbons (Fsp3) is 0.333. The van der Waals surface area contributed by atoms with E-state index in [2.05, 4.69) is 27.4 Å². The van der Waals surface area contributed by atoms with Crippen molar-refractivity contribution in [3.05, 3.63) is 42.2 Å². The molecule has 0 spiro atoms. The summed E-state index contributed by atoms with van der Waals surface area (Å²) in [5, 5.41) is 0. The van der Waals surface area contributed by atoms with Crippen LogP contribution in [0.4, 0.5) is 0 Å². The molecule has 2 nitrogen and oxygen atoms in total. The van der Waals surface area contributed by atoms with Gasteiger partial charge in [-0.1, -0.05) is 27.4 Å². The lowest BCUT2D eigenvalue weighted by atomic mass is 9.99. The van der Waals surface area contributed by atoms with Crippen LogP contribution in [0, 0.1) is 5.41 Å². The van der Waals surface area contributed by atoms with Gasteiger partial charge in [0.05, 0.1) is 6.61 Å². The molecule has 0 unspecified atom stereocenters. The Morgan fingerprint density at radius 1 is 1.24 bits per heavy atom. The zero-order valence-corrected chi connectivity index (χ0v) is 10.6. The summed E-state index contributed by atoms with van der Waals surface area (Å²) in [6.45, 7) is 10.9. The summed E-state index contributed by atoms with van der Waals surface area (Å²) in [5.74, 6) is 2.30. The molecule has 17 heavy (non-hydrogen) atoms. The number of fused-ring (bicyclic) bond motifs is 1. The molecular formula is C15H18O2. The third-order valence-corrected chi connectivity index (χ3v) is 2.35. The molecule has 1 aliphatic heterocycles. The minimum Gasteiger partial charge on any atom is -0.493 e. The summed E-state index contributed by atoms with van der Waals surface area (Å²) >= 11 is 0. The average molecular weight is 230 g/mol. The number of hydrogen-bond donors (Lipinski definition) is 0. The number of allylic oxidation sites excluding steroid dienone is 1. The third-order valence-electron chi connectivity index (χ3n) is 2.35. The van der Waals surface area contributed by atoms with Crippen molar-refractivity contribution < 1.29 is 9.47 Å². The van der Waals surface area contributed by atoms with E-state index < -0.39 is 0 Å². The lowest BCUT2D eigenvalue weighted by Crippen LogP contribution is -2.16. The van der Waals surface area contributed by atoms with Gasteiger partial charge in [0.25, 0.3) is 0 Å². The molecule has 1 aromatic rings. The maximum absolute atomic E-state index is 5.74. The Hall–Kier alpha value is -1.70. The number of hydrogen-bond acceptors (Lipinski definition) is 2. The Bertz CT molecular complexity index is 464. The van der Waals surface area contributed by atoms with Crippen molar-refractivity contribution in [3.8, 4) is 11.5 Å². The Balaban J connectivity index is 2.14. The molecule has 0 amide bonds. The van der Waals surface area contributed by atoms with E-state index in [-0.39, 0.29) is 5.41 Å². The van der Waals surface area contributed by atoms with Crippen molar-refractivity contribution in [1.29, 1.82) is 0 Å². The predicted molar refractivity (Wildman–Crippen MR) is 70.2 cm³/mol. The Kier molecular flexibility index (Phi) is 2.97. The van der Waals surface area contributed by atoms with E-state index >= 15 is 0 Å². The van der Waals surface area contributed by atoms with Crippen molar-refractivity contribution in [2.24, 2.45) is 5.41 Å². The minimum absolute atomic E-state index is 0.153. The molecule has 0 radical (unpaired) electrons. The predicted octanol–water partition coefficient (Wildman–Crippen LogP) is 4.03. The van der Waals surface area contributed by atoms with Crippen LogP contribution in [0.1, 0.15) is 26.3 Å². The van der Waals surface area contributed by atoms with E-state index in [1.54, 1.807) is 0 Å². The van der Waals surface area contributed by atoms with Crippen molar-refractivity contribution in [2.75, 3.05) is 6.61 Å². The van der Waals surface area contributed by atoms with Gasteiger partial charge in [0.1, 0.15) is 17.3 Å². The van der Waals surface area contributed by atoms with Crippen molar-refractivity contribution >= 4 is 6.08 Å². The topological polar surface area (TPSA) is 18.5 Å². The normalized spacial score (nSPS) is 14.2. The van der Waals surface area contributed by atoms with Crippen LogP contribution in [0.15, 0.2) is 36.6 Å². The van der Waals surface area contributed by atoms with Gasteiger partial charge in [-0.25, -0.2) is 0 Å². The molecule has 0 aromatic heterocycles. The molecule has 90 valence electrons. The van der Waals surface area contributed by atoms with Crippen LogP contribution in [-0.4, -0.2) is 6.61 Å². The third kappa shape index (κ3) is 3.13. The summed E-state index contributed by atoms with van der Waals surface area (Å²) in [6, 6.07) is 5.87. The standard InChI is InChI=1S/C15H18O2/c1-11-5-6-12-7-8-13(9-14(12)17-11)16-10-15(2,3)4/h5-9H,1,10H2,2-4H3. The number of ether oxygens (including phenoxy) is 2. The molecule has 1 aliphatic rings. The fourth-order valence-electron chi connectivity index (χ4n) is 1.49. The second-order valence-corrected chi connectivity index (χ2v) is 5.45. The highest BCUT2D eigenvalue weighted by Crippen LogP contribution is 2.31. The van der Waals surface area contributed by atoms with E-state index in [0.29, 0.717) is 12.4 Å². The van der Waals surface area contributed by atoms with E-state index in [1.165, 1.54) is 0 Å². The first-order valence-electron chi connectivity index (χ1n) is 5.76. The van der Waals surface area contributed by atoms with Crippen molar-refractivity contribution in [2.45, 2.75) is 20.8 Å². The van der Waals surface area contributed by atoms with Gasteiger partial charge in [-0.2, -0.15) is 0 Å². The number of benzene rings is 1. The largest absolute Gasteiger partial charge is 0.493 e. The summed E-state index contributed by atoms with van der Waals surface area (Å²) in [6.07, 6.45) is 3.85. The first-order chi connectivity index (χ1) is 7.94. The average Bonchev–Trinajstić information content (AvgIpc) is 2.24. The zero-order valence-electron chi connectivity index (χ0n) is 10.6. The van der Waals surface area contributed by atoms with Gasteiger partial charge < -0.3 is 9.47 Å². The van der Waals surface area contributed by atoms with Gasteiger partial charge in [-0.3, -0.25) is 0 Å². The molecule has 2 heteroatoms. The van der Waals surface area contributed by atoms with Crippen LogP contribution in [0.25, 0.3) is 6.08 Å². The fourth-order valence-corrected chi connectivity index (χ4v) is 1.49. The molecule has 0 saturated carbocycles. The monoisotopic (exact) mass is 230 g/mol. The molecule has 0 bridgehead atoms. The van der Waals surface area contributed by atoms with Gasteiger partial charge in [-0.15, -0.1) is 0 Å². The maximum atomic E-state index is 5.74. The van der Waals surface area contributed by atoms with Crippen LogP contribution in [0.3, 0.4) is 0 Å². The molecule has 1 aromatic carbocycles. The summed E-state index contributed by atoms with van der Waals surface area (Å²) in [4.78, 5) is 0. The Morgan fingerprint density at radius 3 is 2.71 bits per heavy atom. The van der Waals surface area contributed by atoms with E-state index in [9.17, 15) is 0 Å². The van der Waals surface area contributed by atoms with Gasteiger partial charge in [0, 0.05) is 11.6 Å². The molecular weight excluding hydrogens is 212 g/mol. The highest BCUT2D eigenvalue weighted by molar-refractivity contribution is 5.63. The first-order valence-corrected chi connectivity index (χ1v) is 5.76. The van der Waals surface area contributed by atoms with Crippen molar-refractivity contribution in [3.63, 3.8) is 0 Å². The van der Waals surface area contributed by atoms with Gasteiger partial charge >= 0.3 is 0 Å². The smallest absolute Gasteiger partial charge is 0.138 e. The molecule has 2 rings (SSSR count). The van der Waals surface area contributed by atoms with Gasteiger partial charge in [0.15, 0.2) is 0 Å². The van der Waals surface area contributed by atoms with Crippen LogP contribution in [0.5, 0.6) is 11.5 Å². The lowest BCUT2D eigenvalue weighted by Gasteiger charge is -2.20. The summed E-state index contributed by atoms with van der Waals surface area (Å²) in [7, 11) is 0. The number of rotatable bonds is 2. The highest BCUT2D eigenvalue weighted by atomic mass is 16.5. The van der Waals surface area contributed by atoms with Crippen LogP contribution in [0.2, 0.25) is 0 Å². The minimum atomic E-state index is 0.153. The van der Waals surface area contributed by atoms with E-state index in [1.807, 2.05) is 30.4 Å². The maximum Gasteiger partial charge on any atom is 0.138 e. The molecule has 0 N–H and O–H groups in total. The van der Waals surface area contributed by atoms with Crippen LogP contribution >= 0.6 is 0 Å². The molecule has 0 atom stereocenters. The molecule has 1 heterocycles. The van der Waals surface area contributed by atoms with E-state index in [0.717, 1.165) is 17.1 Å². The summed E-state index contributed by atoms with van der Waals surface area (Å²) in [5.41, 5.74) is 1.21. The molecule has 0 aliphatic carbocycles. The van der Waals surface area contributed by atoms with Gasteiger partial charge in [-0.05, 0) is 29.7 Å². The Morgan fingerprint density at radius 2 is 2.00 bits per heavy atom. The summed E-state index contributed by atoms with van der Waals surface area (Å²) < 4.78 is 11.3. The highest BCUT2D eigenvalue weighted by Gasteiger charge is 2.13. The SMILES string of the molecule is C=C1C=Cc2ccc(OCC(C)(C)C)cc2O1. The molecule has 0 fully saturated rings. The van der Waals surface area contributed by atoms with Gasteiger partial charge in [0.2, 0.25) is 0 Å². The first kappa shape index (κ1) is 11.8. The second-order valence-electron chi connectivity index (χ2n) is 5.45. The lowest BCUT2D eigenvalue weighted by molar-refractivity contribution is 0.197. The van der Waals surface area contributed by atoms with E-state index in [4.69, 9.17) is 9.47 Å². The molecule has 0 saturated heterocycles. The quantitative estimate of drug-likeness (QED) is 0.763. The van der Waals surface area contributed by atoms with Crippen molar-refractivity contribution in [1.82, 2.24) is 0 Å². The van der Waals surface area contributed by atoms with Crippen LogP contribution in [-0.2, 0) is 0 Å². The second kappa shape index (κ2) is 4.28. The van der Waals surface area contributed by atoms with Crippen LogP contribution < -0.4 is 9.47 Å². The Labute approximate surface area is 103 Å². The zero-order chi connectivity index (χ0) is 12.5.